The Morgan fingerprint density at radius 3 is 2.61 bits per heavy atom. The van der Waals surface area contributed by atoms with Gasteiger partial charge in [0.05, 0.1) is 0 Å². The summed E-state index contributed by atoms with van der Waals surface area (Å²) < 4.78 is 26.0. The predicted octanol–water partition coefficient (Wildman–Crippen LogP) is 3.14. The zero-order chi connectivity index (χ0) is 13.0. The Labute approximate surface area is 105 Å². The van der Waals surface area contributed by atoms with Crippen molar-refractivity contribution in [3.63, 3.8) is 0 Å². The molecular weight excluding hydrogens is 234 g/mol. The van der Waals surface area contributed by atoms with Crippen molar-refractivity contribution in [3.8, 4) is 11.1 Å². The van der Waals surface area contributed by atoms with Gasteiger partial charge in [0, 0.05) is 24.5 Å². The Bertz CT molecular complexity index is 541. The molecule has 4 heteroatoms. The highest BCUT2D eigenvalue weighted by Crippen LogP contribution is 2.21. The molecule has 0 aliphatic heterocycles. The molecule has 0 spiro atoms. The van der Waals surface area contributed by atoms with Gasteiger partial charge in [-0.25, -0.2) is 8.78 Å². The van der Waals surface area contributed by atoms with Gasteiger partial charge in [0.1, 0.15) is 0 Å². The third kappa shape index (κ3) is 2.90. The Morgan fingerprint density at radius 1 is 1.06 bits per heavy atom. The Kier molecular flexibility index (Phi) is 3.99. The van der Waals surface area contributed by atoms with Gasteiger partial charge in [-0.1, -0.05) is 13.0 Å². The molecule has 0 amide bonds. The number of halogens is 2. The molecule has 18 heavy (non-hydrogen) atoms. The highest BCUT2D eigenvalue weighted by molar-refractivity contribution is 5.63. The maximum absolute atomic E-state index is 13.2. The van der Waals surface area contributed by atoms with Gasteiger partial charge in [0.2, 0.25) is 0 Å². The number of aromatic nitrogens is 1. The maximum Gasteiger partial charge on any atom is 0.159 e. The lowest BCUT2D eigenvalue weighted by Gasteiger charge is -2.06. The number of benzene rings is 1. The minimum absolute atomic E-state index is 0.625. The molecule has 0 aliphatic rings. The number of nitrogens with one attached hydrogen (secondary N) is 1. The average Bonchev–Trinajstić information content (AvgIpc) is 2.40. The van der Waals surface area contributed by atoms with Crippen LogP contribution in [-0.2, 0) is 6.54 Å². The highest BCUT2D eigenvalue weighted by atomic mass is 19.2. The van der Waals surface area contributed by atoms with Crippen molar-refractivity contribution >= 4 is 0 Å². The van der Waals surface area contributed by atoms with Gasteiger partial charge in [-0.15, -0.1) is 0 Å². The normalized spacial score (nSPS) is 10.6. The van der Waals surface area contributed by atoms with Crippen LogP contribution in [0.3, 0.4) is 0 Å². The van der Waals surface area contributed by atoms with Crippen molar-refractivity contribution in [2.24, 2.45) is 0 Å². The minimum atomic E-state index is -0.843. The molecule has 2 nitrogen and oxygen atoms in total. The van der Waals surface area contributed by atoms with Crippen molar-refractivity contribution < 1.29 is 8.78 Å². The van der Waals surface area contributed by atoms with Crippen molar-refractivity contribution in [3.05, 3.63) is 53.9 Å². The molecule has 0 atom stereocenters. The first kappa shape index (κ1) is 12.6. The summed E-state index contributed by atoms with van der Waals surface area (Å²) in [5.74, 6) is -1.68. The van der Waals surface area contributed by atoms with Crippen LogP contribution >= 0.6 is 0 Å². The number of pyridine rings is 1. The molecular formula is C14H14F2N2. The van der Waals surface area contributed by atoms with E-state index in [0.717, 1.165) is 23.7 Å². The van der Waals surface area contributed by atoms with Crippen LogP contribution in [0.25, 0.3) is 11.1 Å². The minimum Gasteiger partial charge on any atom is -0.313 e. The number of nitrogens with zero attached hydrogens (tertiary/aromatic N) is 1. The molecule has 0 unspecified atom stereocenters. The van der Waals surface area contributed by atoms with Crippen LogP contribution in [0.1, 0.15) is 12.5 Å². The Balaban J connectivity index is 2.29. The summed E-state index contributed by atoms with van der Waals surface area (Å²) in [6.45, 7) is 3.60. The highest BCUT2D eigenvalue weighted by Gasteiger charge is 2.05. The lowest BCUT2D eigenvalue weighted by atomic mass is 10.1. The van der Waals surface area contributed by atoms with E-state index in [0.29, 0.717) is 12.1 Å². The van der Waals surface area contributed by atoms with Gasteiger partial charge in [-0.2, -0.15) is 0 Å². The zero-order valence-corrected chi connectivity index (χ0v) is 10.1. The van der Waals surface area contributed by atoms with Crippen LogP contribution in [0.2, 0.25) is 0 Å². The summed E-state index contributed by atoms with van der Waals surface area (Å²) in [4.78, 5) is 4.11. The van der Waals surface area contributed by atoms with Gasteiger partial charge in [0.25, 0.3) is 0 Å². The standard InChI is InChI=1S/C14H14F2N2/c1-2-17-7-10-5-12(9-18-8-10)11-3-4-13(15)14(16)6-11/h3-6,8-9,17H,2,7H2,1H3. The number of rotatable bonds is 4. The quantitative estimate of drug-likeness (QED) is 0.899. The number of hydrogen-bond donors (Lipinski definition) is 1. The van der Waals surface area contributed by atoms with E-state index in [2.05, 4.69) is 10.3 Å². The maximum atomic E-state index is 13.2. The third-order valence-corrected chi connectivity index (χ3v) is 2.63. The first-order chi connectivity index (χ1) is 8.70. The molecule has 0 radical (unpaired) electrons. The topological polar surface area (TPSA) is 24.9 Å². The van der Waals surface area contributed by atoms with Gasteiger partial charge < -0.3 is 5.32 Å². The third-order valence-electron chi connectivity index (χ3n) is 2.63. The molecule has 2 aromatic rings. The van der Waals surface area contributed by atoms with Crippen LogP contribution < -0.4 is 5.32 Å². The fraction of sp³-hybridized carbons (Fsp3) is 0.214. The second-order valence-corrected chi connectivity index (χ2v) is 3.99. The van der Waals surface area contributed by atoms with Crippen LogP contribution in [-0.4, -0.2) is 11.5 Å². The van der Waals surface area contributed by atoms with E-state index >= 15 is 0 Å². The smallest absolute Gasteiger partial charge is 0.159 e. The van der Waals surface area contributed by atoms with Crippen LogP contribution in [0.4, 0.5) is 8.78 Å². The molecule has 0 fully saturated rings. The van der Waals surface area contributed by atoms with E-state index in [9.17, 15) is 8.78 Å². The van der Waals surface area contributed by atoms with Gasteiger partial charge in [0.15, 0.2) is 11.6 Å². The fourth-order valence-corrected chi connectivity index (χ4v) is 1.69. The molecule has 94 valence electrons. The molecule has 0 aliphatic carbocycles. The first-order valence-electron chi connectivity index (χ1n) is 5.80. The van der Waals surface area contributed by atoms with Crippen molar-refractivity contribution in [1.82, 2.24) is 10.3 Å². The molecule has 1 aromatic carbocycles. The van der Waals surface area contributed by atoms with E-state index in [1.54, 1.807) is 18.5 Å². The largest absolute Gasteiger partial charge is 0.313 e. The fourth-order valence-electron chi connectivity index (χ4n) is 1.69. The lowest BCUT2D eigenvalue weighted by molar-refractivity contribution is 0.509. The second-order valence-electron chi connectivity index (χ2n) is 3.99. The summed E-state index contributed by atoms with van der Waals surface area (Å²) in [6, 6.07) is 5.78. The molecule has 0 bridgehead atoms. The van der Waals surface area contributed by atoms with Crippen molar-refractivity contribution in [1.29, 1.82) is 0 Å². The molecule has 2 rings (SSSR count). The lowest BCUT2D eigenvalue weighted by Crippen LogP contribution is -2.11. The monoisotopic (exact) mass is 248 g/mol. The Hall–Kier alpha value is -1.81. The summed E-state index contributed by atoms with van der Waals surface area (Å²) >= 11 is 0. The van der Waals surface area contributed by atoms with E-state index in [4.69, 9.17) is 0 Å². The van der Waals surface area contributed by atoms with E-state index in [-0.39, 0.29) is 0 Å². The molecule has 1 heterocycles. The van der Waals surface area contributed by atoms with Crippen molar-refractivity contribution in [2.45, 2.75) is 13.5 Å². The van der Waals surface area contributed by atoms with Gasteiger partial charge in [-0.05, 0) is 35.9 Å². The van der Waals surface area contributed by atoms with Crippen LogP contribution in [0, 0.1) is 11.6 Å². The SMILES string of the molecule is CCNCc1cncc(-c2ccc(F)c(F)c2)c1. The van der Waals surface area contributed by atoms with Gasteiger partial charge in [-0.3, -0.25) is 4.98 Å². The van der Waals surface area contributed by atoms with Crippen LogP contribution in [0.15, 0.2) is 36.7 Å². The first-order valence-corrected chi connectivity index (χ1v) is 5.80. The summed E-state index contributed by atoms with van der Waals surface area (Å²) in [5, 5.41) is 3.19. The van der Waals surface area contributed by atoms with Crippen molar-refractivity contribution in [2.75, 3.05) is 6.54 Å². The molecule has 0 saturated carbocycles. The number of hydrogen-bond acceptors (Lipinski definition) is 2. The van der Waals surface area contributed by atoms with E-state index in [1.807, 2.05) is 13.0 Å². The summed E-state index contributed by atoms with van der Waals surface area (Å²) in [7, 11) is 0. The average molecular weight is 248 g/mol. The Morgan fingerprint density at radius 2 is 1.89 bits per heavy atom. The molecule has 1 N–H and O–H groups in total. The predicted molar refractivity (Wildman–Crippen MR) is 67.0 cm³/mol. The van der Waals surface area contributed by atoms with E-state index in [1.165, 1.54) is 6.07 Å². The molecule has 1 aromatic heterocycles. The van der Waals surface area contributed by atoms with E-state index < -0.39 is 11.6 Å². The zero-order valence-electron chi connectivity index (χ0n) is 10.1. The van der Waals surface area contributed by atoms with Crippen LogP contribution in [0.5, 0.6) is 0 Å². The molecule has 0 saturated heterocycles. The summed E-state index contributed by atoms with van der Waals surface area (Å²) in [6.07, 6.45) is 3.40. The second kappa shape index (κ2) is 5.69. The van der Waals surface area contributed by atoms with Gasteiger partial charge >= 0.3 is 0 Å². The summed E-state index contributed by atoms with van der Waals surface area (Å²) in [5.41, 5.74) is 2.42.